The topological polar surface area (TPSA) is 6.25 Å². The fourth-order valence-electron chi connectivity index (χ4n) is 7.32. The maximum Gasteiger partial charge on any atom is 0.209 e. The number of anilines is 1. The summed E-state index contributed by atoms with van der Waals surface area (Å²) in [4.78, 5) is 2.55. The van der Waals surface area contributed by atoms with E-state index in [1.807, 2.05) is 0 Å². The van der Waals surface area contributed by atoms with E-state index in [1.54, 1.807) is 0 Å². The van der Waals surface area contributed by atoms with Gasteiger partial charge in [-0.3, -0.25) is 0 Å². The van der Waals surface area contributed by atoms with Crippen LogP contribution in [0.1, 0.15) is 57.6 Å². The lowest BCUT2D eigenvalue weighted by molar-refractivity contribution is -0.436. The molecule has 0 atom stereocenters. The second-order valence-corrected chi connectivity index (χ2v) is 12.1. The molecular weight excluding hydrogens is 508 g/mol. The molecule has 0 bridgehead atoms. The Labute approximate surface area is 250 Å². The van der Waals surface area contributed by atoms with Crippen LogP contribution in [-0.4, -0.2) is 23.4 Å². The molecule has 7 rings (SSSR count). The summed E-state index contributed by atoms with van der Waals surface area (Å²) in [6, 6.07) is 26.9. The SMILES string of the molecule is CCCN1/C(=C/C=C2CCC(/C=C/C3=[N+](CCC)c4ccc5ccccc5c4C3)=C2C)Cc2c1ccc1ccccc21. The van der Waals surface area contributed by atoms with Gasteiger partial charge in [-0.05, 0) is 88.2 Å². The molecule has 0 unspecified atom stereocenters. The molecule has 2 aliphatic heterocycles. The second-order valence-electron chi connectivity index (χ2n) is 12.1. The first-order chi connectivity index (χ1) is 20.7. The molecule has 4 aromatic carbocycles. The summed E-state index contributed by atoms with van der Waals surface area (Å²) in [6.45, 7) is 9.01. The van der Waals surface area contributed by atoms with Gasteiger partial charge in [0.1, 0.15) is 6.54 Å². The lowest BCUT2D eigenvalue weighted by Gasteiger charge is -2.21. The molecule has 0 radical (unpaired) electrons. The maximum absolute atomic E-state index is 2.55. The molecule has 1 aliphatic carbocycles. The van der Waals surface area contributed by atoms with Crippen LogP contribution in [-0.2, 0) is 12.8 Å². The Bertz CT molecular complexity index is 1860. The smallest absolute Gasteiger partial charge is 0.209 e. The Hall–Kier alpha value is -4.17. The summed E-state index contributed by atoms with van der Waals surface area (Å²) in [5.74, 6) is 0. The standard InChI is InChI=1S/C40H41N2/c1-4-24-41-33(26-37-35-12-8-6-10-31(35)18-22-39(37)41)20-16-29-14-15-30(28(29)3)17-21-34-27-38-36-13-9-7-11-32(36)19-23-40(38)42(34)25-5-2/h6-13,16-23H,4-5,14-15,24-27H2,1-3H3/q+1. The van der Waals surface area contributed by atoms with E-state index in [9.17, 15) is 0 Å². The lowest BCUT2D eigenvalue weighted by Crippen LogP contribution is -2.19. The predicted octanol–water partition coefficient (Wildman–Crippen LogP) is 9.99. The summed E-state index contributed by atoms with van der Waals surface area (Å²) < 4.78 is 2.55. The van der Waals surface area contributed by atoms with Gasteiger partial charge in [-0.1, -0.05) is 80.6 Å². The molecule has 0 fully saturated rings. The van der Waals surface area contributed by atoms with Gasteiger partial charge in [0.15, 0.2) is 5.71 Å². The van der Waals surface area contributed by atoms with Gasteiger partial charge in [0.25, 0.3) is 0 Å². The van der Waals surface area contributed by atoms with Crippen LogP contribution in [0.25, 0.3) is 21.5 Å². The first kappa shape index (κ1) is 26.7. The van der Waals surface area contributed by atoms with E-state index in [0.717, 1.165) is 51.6 Å². The van der Waals surface area contributed by atoms with E-state index < -0.39 is 0 Å². The molecule has 42 heavy (non-hydrogen) atoms. The first-order valence-corrected chi connectivity index (χ1v) is 15.9. The predicted molar refractivity (Wildman–Crippen MR) is 180 cm³/mol. The van der Waals surface area contributed by atoms with Crippen LogP contribution >= 0.6 is 0 Å². The average Bonchev–Trinajstić information content (AvgIpc) is 3.68. The van der Waals surface area contributed by atoms with Crippen LogP contribution in [0.3, 0.4) is 0 Å². The van der Waals surface area contributed by atoms with Gasteiger partial charge in [-0.15, -0.1) is 0 Å². The highest BCUT2D eigenvalue weighted by atomic mass is 15.2. The summed E-state index contributed by atoms with van der Waals surface area (Å²) in [5.41, 5.74) is 13.0. The molecule has 4 aromatic rings. The molecule has 2 heterocycles. The number of nitrogens with zero attached hydrogens (tertiary/aromatic N) is 2. The number of hydrogen-bond donors (Lipinski definition) is 0. The van der Waals surface area contributed by atoms with Crippen molar-refractivity contribution in [2.45, 2.75) is 59.3 Å². The normalized spacial score (nSPS) is 18.6. The molecule has 3 aliphatic rings. The molecule has 0 N–H and O–H groups in total. The Morgan fingerprint density at radius 1 is 0.738 bits per heavy atom. The van der Waals surface area contributed by atoms with Crippen molar-refractivity contribution in [3.05, 3.63) is 131 Å². The van der Waals surface area contributed by atoms with Crippen LogP contribution < -0.4 is 4.90 Å². The van der Waals surface area contributed by atoms with Crippen molar-refractivity contribution in [2.75, 3.05) is 18.0 Å². The molecule has 2 nitrogen and oxygen atoms in total. The molecule has 2 heteroatoms. The third-order valence-electron chi connectivity index (χ3n) is 9.50. The summed E-state index contributed by atoms with van der Waals surface area (Å²) in [6.07, 6.45) is 16.2. The van der Waals surface area contributed by atoms with Gasteiger partial charge in [0.2, 0.25) is 5.69 Å². The van der Waals surface area contributed by atoms with E-state index in [-0.39, 0.29) is 0 Å². The Balaban J connectivity index is 1.16. The van der Waals surface area contributed by atoms with Crippen molar-refractivity contribution in [3.8, 4) is 0 Å². The Kier molecular flexibility index (Phi) is 7.15. The summed E-state index contributed by atoms with van der Waals surface area (Å²) >= 11 is 0. The van der Waals surface area contributed by atoms with Crippen LogP contribution in [0.2, 0.25) is 0 Å². The third-order valence-corrected chi connectivity index (χ3v) is 9.50. The maximum atomic E-state index is 2.55. The van der Waals surface area contributed by atoms with Crippen molar-refractivity contribution in [1.29, 1.82) is 0 Å². The Morgan fingerprint density at radius 3 is 2.24 bits per heavy atom. The van der Waals surface area contributed by atoms with Crippen molar-refractivity contribution in [3.63, 3.8) is 0 Å². The van der Waals surface area contributed by atoms with Crippen LogP contribution in [0.4, 0.5) is 11.4 Å². The minimum atomic E-state index is 1.01. The van der Waals surface area contributed by atoms with Gasteiger partial charge in [0, 0.05) is 48.5 Å². The molecule has 0 amide bonds. The fourth-order valence-corrected chi connectivity index (χ4v) is 7.32. The van der Waals surface area contributed by atoms with E-state index in [0.29, 0.717) is 0 Å². The number of rotatable bonds is 7. The average molecular weight is 550 g/mol. The van der Waals surface area contributed by atoms with Crippen molar-refractivity contribution < 1.29 is 4.58 Å². The highest BCUT2D eigenvalue weighted by Crippen LogP contribution is 2.40. The van der Waals surface area contributed by atoms with Crippen LogP contribution in [0, 0.1) is 0 Å². The van der Waals surface area contributed by atoms with Gasteiger partial charge in [-0.2, -0.15) is 4.58 Å². The number of fused-ring (bicyclic) bond motifs is 6. The number of benzene rings is 4. The largest absolute Gasteiger partial charge is 0.345 e. The zero-order chi connectivity index (χ0) is 28.6. The fraction of sp³-hybridized carbons (Fsp3) is 0.275. The van der Waals surface area contributed by atoms with Crippen molar-refractivity contribution in [2.24, 2.45) is 0 Å². The lowest BCUT2D eigenvalue weighted by atomic mass is 10.0. The van der Waals surface area contributed by atoms with Crippen molar-refractivity contribution >= 4 is 38.6 Å². The quantitative estimate of drug-likeness (QED) is 0.208. The third kappa shape index (κ3) is 4.64. The van der Waals surface area contributed by atoms with E-state index in [4.69, 9.17) is 0 Å². The van der Waals surface area contributed by atoms with E-state index >= 15 is 0 Å². The highest BCUT2D eigenvalue weighted by molar-refractivity contribution is 6.02. The zero-order valence-electron chi connectivity index (χ0n) is 25.3. The minimum absolute atomic E-state index is 1.01. The second kappa shape index (κ2) is 11.2. The molecule has 0 aromatic heterocycles. The highest BCUT2D eigenvalue weighted by Gasteiger charge is 2.29. The van der Waals surface area contributed by atoms with Crippen LogP contribution in [0.15, 0.2) is 120 Å². The molecule has 0 saturated heterocycles. The minimum Gasteiger partial charge on any atom is -0.345 e. The molecule has 0 saturated carbocycles. The van der Waals surface area contributed by atoms with Crippen molar-refractivity contribution in [1.82, 2.24) is 0 Å². The summed E-state index contributed by atoms with van der Waals surface area (Å²) in [5, 5.41) is 5.47. The molecule has 210 valence electrons. The molecular formula is C40H41N2+. The van der Waals surface area contributed by atoms with Gasteiger partial charge >= 0.3 is 0 Å². The monoisotopic (exact) mass is 549 g/mol. The van der Waals surface area contributed by atoms with Crippen LogP contribution in [0.5, 0.6) is 0 Å². The van der Waals surface area contributed by atoms with Gasteiger partial charge in [-0.25, -0.2) is 0 Å². The zero-order valence-corrected chi connectivity index (χ0v) is 25.3. The van der Waals surface area contributed by atoms with Gasteiger partial charge < -0.3 is 4.90 Å². The van der Waals surface area contributed by atoms with E-state index in [2.05, 4.69) is 127 Å². The Morgan fingerprint density at radius 2 is 1.48 bits per heavy atom. The number of hydrogen-bond acceptors (Lipinski definition) is 1. The first-order valence-electron chi connectivity index (χ1n) is 15.9. The van der Waals surface area contributed by atoms with Gasteiger partial charge in [0.05, 0.1) is 6.42 Å². The van der Waals surface area contributed by atoms with E-state index in [1.165, 1.54) is 72.2 Å². The molecule has 0 spiro atoms. The summed E-state index contributed by atoms with van der Waals surface area (Å²) in [7, 11) is 0. The number of allylic oxidation sites excluding steroid dienone is 8.